The molecule has 0 bridgehead atoms. The molecule has 1 saturated heterocycles. The summed E-state index contributed by atoms with van der Waals surface area (Å²) in [5.74, 6) is -0.387. The standard InChI is InChI=1S/C27H24N2O4S/c1-3-29-25(30)24(34-27(29)28-22-9-5-8-21(16-22)26(31)32)15-19-10-12-23(13-11-19)33-17-20-7-4-6-18(2)14-20/h4-16H,3,17H2,1-2H3,(H,31,32). The molecule has 172 valence electrons. The van der Waals surface area contributed by atoms with Gasteiger partial charge in [-0.25, -0.2) is 9.79 Å². The number of aryl methyl sites for hydroxylation is 1. The Kier molecular flexibility index (Phi) is 7.13. The third kappa shape index (κ3) is 5.55. The van der Waals surface area contributed by atoms with Crippen molar-refractivity contribution >= 4 is 40.6 Å². The van der Waals surface area contributed by atoms with Crippen molar-refractivity contribution in [2.24, 2.45) is 4.99 Å². The molecule has 0 aliphatic carbocycles. The molecule has 0 atom stereocenters. The first-order valence-electron chi connectivity index (χ1n) is 10.8. The molecule has 34 heavy (non-hydrogen) atoms. The van der Waals surface area contributed by atoms with Crippen LogP contribution in [-0.4, -0.2) is 33.6 Å². The van der Waals surface area contributed by atoms with Crippen molar-refractivity contribution in [3.05, 3.63) is 100.0 Å². The van der Waals surface area contributed by atoms with Crippen molar-refractivity contribution in [2.75, 3.05) is 6.54 Å². The summed E-state index contributed by atoms with van der Waals surface area (Å²) in [6, 6.07) is 22.1. The van der Waals surface area contributed by atoms with E-state index in [4.69, 9.17) is 4.74 Å². The Morgan fingerprint density at radius 2 is 1.85 bits per heavy atom. The van der Waals surface area contributed by atoms with E-state index >= 15 is 0 Å². The molecule has 0 aromatic heterocycles. The maximum absolute atomic E-state index is 12.9. The van der Waals surface area contributed by atoms with E-state index in [1.165, 1.54) is 29.5 Å². The highest BCUT2D eigenvalue weighted by molar-refractivity contribution is 8.18. The lowest BCUT2D eigenvalue weighted by molar-refractivity contribution is -0.122. The fourth-order valence-corrected chi connectivity index (χ4v) is 4.53. The van der Waals surface area contributed by atoms with E-state index in [0.717, 1.165) is 16.9 Å². The van der Waals surface area contributed by atoms with Crippen molar-refractivity contribution in [2.45, 2.75) is 20.5 Å². The van der Waals surface area contributed by atoms with Crippen LogP contribution in [0.3, 0.4) is 0 Å². The van der Waals surface area contributed by atoms with Gasteiger partial charge in [-0.3, -0.25) is 9.69 Å². The normalized spacial score (nSPS) is 15.8. The summed E-state index contributed by atoms with van der Waals surface area (Å²) in [6.07, 6.45) is 1.83. The summed E-state index contributed by atoms with van der Waals surface area (Å²) in [7, 11) is 0. The second-order valence-electron chi connectivity index (χ2n) is 7.76. The van der Waals surface area contributed by atoms with E-state index in [-0.39, 0.29) is 11.5 Å². The minimum absolute atomic E-state index is 0.125. The SMILES string of the molecule is CCN1C(=O)C(=Cc2ccc(OCc3cccc(C)c3)cc2)SC1=Nc1cccc(C(=O)O)c1. The number of carboxylic acids is 1. The number of carboxylic acid groups (broad SMARTS) is 1. The molecule has 1 aliphatic heterocycles. The second kappa shape index (κ2) is 10.4. The Labute approximate surface area is 202 Å². The number of likely N-dealkylation sites (N-methyl/N-ethyl adjacent to an activating group) is 1. The van der Waals surface area contributed by atoms with Crippen LogP contribution in [0, 0.1) is 6.92 Å². The minimum Gasteiger partial charge on any atom is -0.489 e. The summed E-state index contributed by atoms with van der Waals surface area (Å²) in [4.78, 5) is 30.8. The van der Waals surface area contributed by atoms with Crippen LogP contribution in [0.4, 0.5) is 5.69 Å². The lowest BCUT2D eigenvalue weighted by Crippen LogP contribution is -2.28. The lowest BCUT2D eigenvalue weighted by atomic mass is 10.1. The number of carbonyl (C=O) groups excluding carboxylic acids is 1. The van der Waals surface area contributed by atoms with Crippen LogP contribution in [0.1, 0.15) is 34.0 Å². The molecular weight excluding hydrogens is 448 g/mol. The smallest absolute Gasteiger partial charge is 0.335 e. The predicted molar refractivity (Wildman–Crippen MR) is 135 cm³/mol. The number of nitrogens with zero attached hydrogens (tertiary/aromatic N) is 2. The first kappa shape index (κ1) is 23.3. The molecule has 0 saturated carbocycles. The average Bonchev–Trinajstić information content (AvgIpc) is 3.12. The van der Waals surface area contributed by atoms with Crippen molar-refractivity contribution in [1.29, 1.82) is 0 Å². The Morgan fingerprint density at radius 3 is 2.56 bits per heavy atom. The van der Waals surface area contributed by atoms with E-state index in [2.05, 4.69) is 24.0 Å². The Hall–Kier alpha value is -3.84. The van der Waals surface area contributed by atoms with Crippen molar-refractivity contribution in [3.8, 4) is 5.75 Å². The number of rotatable bonds is 7. The maximum atomic E-state index is 12.9. The maximum Gasteiger partial charge on any atom is 0.335 e. The van der Waals surface area contributed by atoms with Gasteiger partial charge in [-0.05, 0) is 73.1 Å². The summed E-state index contributed by atoms with van der Waals surface area (Å²) in [6.45, 7) is 4.89. The molecule has 0 spiro atoms. The van der Waals surface area contributed by atoms with E-state index in [9.17, 15) is 14.7 Å². The monoisotopic (exact) mass is 472 g/mol. The van der Waals surface area contributed by atoms with Crippen molar-refractivity contribution in [3.63, 3.8) is 0 Å². The van der Waals surface area contributed by atoms with Crippen LogP contribution in [0.2, 0.25) is 0 Å². The molecule has 0 radical (unpaired) electrons. The Bertz CT molecular complexity index is 1280. The van der Waals surface area contributed by atoms with Gasteiger partial charge >= 0.3 is 5.97 Å². The first-order valence-corrected chi connectivity index (χ1v) is 11.7. The highest BCUT2D eigenvalue weighted by atomic mass is 32.2. The summed E-state index contributed by atoms with van der Waals surface area (Å²) in [5.41, 5.74) is 3.83. The number of hydrogen-bond donors (Lipinski definition) is 1. The number of hydrogen-bond acceptors (Lipinski definition) is 5. The number of amidine groups is 1. The number of thioether (sulfide) groups is 1. The fourth-order valence-electron chi connectivity index (χ4n) is 3.47. The molecule has 7 heteroatoms. The minimum atomic E-state index is -1.02. The summed E-state index contributed by atoms with van der Waals surface area (Å²) in [5, 5.41) is 9.73. The van der Waals surface area contributed by atoms with E-state index in [1.807, 2.05) is 49.4 Å². The number of carbonyl (C=O) groups is 2. The molecular formula is C27H24N2O4S. The molecule has 4 rings (SSSR count). The number of aromatic carboxylic acids is 1. The molecule has 0 unspecified atom stereocenters. The zero-order valence-corrected chi connectivity index (χ0v) is 19.7. The third-order valence-electron chi connectivity index (χ3n) is 5.19. The molecule has 6 nitrogen and oxygen atoms in total. The van der Waals surface area contributed by atoms with Crippen LogP contribution >= 0.6 is 11.8 Å². The zero-order valence-electron chi connectivity index (χ0n) is 18.9. The number of aliphatic imine (C=N–C) groups is 1. The third-order valence-corrected chi connectivity index (χ3v) is 6.19. The van der Waals surface area contributed by atoms with Gasteiger partial charge in [0.2, 0.25) is 0 Å². The van der Waals surface area contributed by atoms with Gasteiger partial charge in [-0.15, -0.1) is 0 Å². The quantitative estimate of drug-likeness (QED) is 0.433. The van der Waals surface area contributed by atoms with Gasteiger partial charge in [0.1, 0.15) is 12.4 Å². The number of ether oxygens (including phenoxy) is 1. The van der Waals surface area contributed by atoms with Gasteiger partial charge in [-0.2, -0.15) is 0 Å². The molecule has 3 aromatic carbocycles. The number of amides is 1. The zero-order chi connectivity index (χ0) is 24.1. The van der Waals surface area contributed by atoms with Crippen molar-refractivity contribution < 1.29 is 19.4 Å². The van der Waals surface area contributed by atoms with E-state index < -0.39 is 5.97 Å². The van der Waals surface area contributed by atoms with E-state index in [1.54, 1.807) is 17.0 Å². The van der Waals surface area contributed by atoms with Crippen LogP contribution in [-0.2, 0) is 11.4 Å². The van der Waals surface area contributed by atoms with Gasteiger partial charge in [0.25, 0.3) is 5.91 Å². The highest BCUT2D eigenvalue weighted by Crippen LogP contribution is 2.34. The van der Waals surface area contributed by atoms with Crippen LogP contribution in [0.5, 0.6) is 5.75 Å². The largest absolute Gasteiger partial charge is 0.489 e. The van der Waals surface area contributed by atoms with Crippen LogP contribution in [0.15, 0.2) is 82.7 Å². The summed E-state index contributed by atoms with van der Waals surface area (Å²) >= 11 is 1.28. The molecule has 1 aliphatic rings. The molecule has 1 heterocycles. The average molecular weight is 473 g/mol. The molecule has 3 aromatic rings. The van der Waals surface area contributed by atoms with Gasteiger partial charge in [0.05, 0.1) is 16.2 Å². The predicted octanol–water partition coefficient (Wildman–Crippen LogP) is 5.90. The van der Waals surface area contributed by atoms with Crippen LogP contribution in [0.25, 0.3) is 6.08 Å². The Balaban J connectivity index is 1.48. The second-order valence-corrected chi connectivity index (χ2v) is 8.77. The Morgan fingerprint density at radius 1 is 1.09 bits per heavy atom. The van der Waals surface area contributed by atoms with Gasteiger partial charge in [-0.1, -0.05) is 48.0 Å². The summed E-state index contributed by atoms with van der Waals surface area (Å²) < 4.78 is 5.88. The molecule has 1 fully saturated rings. The van der Waals surface area contributed by atoms with E-state index in [0.29, 0.717) is 28.9 Å². The van der Waals surface area contributed by atoms with Gasteiger partial charge in [0, 0.05) is 6.54 Å². The van der Waals surface area contributed by atoms with Gasteiger partial charge in [0.15, 0.2) is 5.17 Å². The first-order chi connectivity index (χ1) is 16.4. The number of benzene rings is 3. The highest BCUT2D eigenvalue weighted by Gasteiger charge is 2.32. The van der Waals surface area contributed by atoms with Crippen LogP contribution < -0.4 is 4.74 Å². The van der Waals surface area contributed by atoms with Gasteiger partial charge < -0.3 is 9.84 Å². The molecule has 1 N–H and O–H groups in total. The molecule has 1 amide bonds. The topological polar surface area (TPSA) is 79.2 Å². The lowest BCUT2D eigenvalue weighted by Gasteiger charge is -2.12. The fraction of sp³-hybridized carbons (Fsp3) is 0.148. The van der Waals surface area contributed by atoms with Crippen molar-refractivity contribution in [1.82, 2.24) is 4.90 Å².